The Balaban J connectivity index is 1.33. The van der Waals surface area contributed by atoms with E-state index in [2.05, 4.69) is 20.2 Å². The number of alkyl halides is 4. The van der Waals surface area contributed by atoms with Crippen molar-refractivity contribution in [3.63, 3.8) is 0 Å². The number of ether oxygens (including phenoxy) is 2. The average Bonchev–Trinajstić information content (AvgIpc) is 3.64. The van der Waals surface area contributed by atoms with Gasteiger partial charge in [-0.3, -0.25) is 4.90 Å². The molecule has 6 atom stereocenters. The van der Waals surface area contributed by atoms with Crippen LogP contribution in [0, 0.1) is 18.6 Å². The summed E-state index contributed by atoms with van der Waals surface area (Å²) in [6, 6.07) is 0.845. The van der Waals surface area contributed by atoms with Gasteiger partial charge in [0, 0.05) is 37.2 Å². The first-order chi connectivity index (χ1) is 22.3. The van der Waals surface area contributed by atoms with Gasteiger partial charge in [0.05, 0.1) is 23.7 Å². The highest BCUT2D eigenvalue weighted by atomic mass is 19.4. The standard InChI is InChI=1S/C32H35F6N7O2/c1-14-8-19(39)23(34)21(18(14)10-32(36,37)38)25-24(35)26-22-28(43-30(42-26)46-13-31-6-3-7-44(31)11-16(33)9-31)45-12-17-4-5-20(40-17)27(45)15(2)47-29(22)41-25/h8,15-17,20,27,40H,3-7,9-13,39H2,1-2H3/t15-,16+,17+,20-,27+,31-/m0/s1. The first kappa shape index (κ1) is 30.7. The van der Waals surface area contributed by atoms with Gasteiger partial charge in [-0.05, 0) is 63.3 Å². The van der Waals surface area contributed by atoms with E-state index in [1.807, 2.05) is 11.8 Å². The highest BCUT2D eigenvalue weighted by Crippen LogP contribution is 2.46. The zero-order chi connectivity index (χ0) is 33.0. The van der Waals surface area contributed by atoms with Crippen LogP contribution in [-0.2, 0) is 6.42 Å². The van der Waals surface area contributed by atoms with Gasteiger partial charge in [0.15, 0.2) is 11.6 Å². The molecule has 2 bridgehead atoms. The molecule has 3 N–H and O–H groups in total. The summed E-state index contributed by atoms with van der Waals surface area (Å²) in [7, 11) is 0. The maximum Gasteiger partial charge on any atom is 0.393 e. The van der Waals surface area contributed by atoms with Crippen LogP contribution in [0.4, 0.5) is 37.8 Å². The molecule has 3 aromatic rings. The van der Waals surface area contributed by atoms with Gasteiger partial charge in [-0.25, -0.2) is 18.2 Å². The molecule has 0 unspecified atom stereocenters. The fourth-order valence-corrected chi connectivity index (χ4v) is 8.70. The van der Waals surface area contributed by atoms with Crippen LogP contribution < -0.4 is 25.4 Å². The summed E-state index contributed by atoms with van der Waals surface area (Å²) in [6.45, 7) is 4.86. The number of aromatic nitrogens is 3. The molecule has 2 aromatic heterocycles. The van der Waals surface area contributed by atoms with E-state index in [-0.39, 0.29) is 53.1 Å². The Kier molecular flexibility index (Phi) is 7.00. The van der Waals surface area contributed by atoms with Crippen LogP contribution >= 0.6 is 0 Å². The van der Waals surface area contributed by atoms with Crippen LogP contribution in [0.5, 0.6) is 11.9 Å². The molecule has 5 aliphatic rings. The fraction of sp³-hybridized carbons (Fsp3) is 0.594. The Morgan fingerprint density at radius 2 is 1.96 bits per heavy atom. The van der Waals surface area contributed by atoms with E-state index in [4.69, 9.17) is 20.2 Å². The minimum atomic E-state index is -4.73. The van der Waals surface area contributed by atoms with Gasteiger partial charge >= 0.3 is 12.2 Å². The molecule has 4 saturated heterocycles. The molecule has 0 aliphatic carbocycles. The molecule has 15 heteroatoms. The molecule has 1 aromatic carbocycles. The van der Waals surface area contributed by atoms with Crippen molar-refractivity contribution in [2.75, 3.05) is 36.9 Å². The van der Waals surface area contributed by atoms with E-state index in [9.17, 15) is 17.6 Å². The quantitative estimate of drug-likeness (QED) is 0.288. The Bertz CT molecular complexity index is 1770. The Hall–Kier alpha value is -3.59. The lowest BCUT2D eigenvalue weighted by molar-refractivity contribution is -0.127. The van der Waals surface area contributed by atoms with Gasteiger partial charge in [-0.2, -0.15) is 23.1 Å². The highest BCUT2D eigenvalue weighted by Gasteiger charge is 2.50. The molecule has 0 saturated carbocycles. The van der Waals surface area contributed by atoms with Crippen LogP contribution in [0.25, 0.3) is 22.2 Å². The summed E-state index contributed by atoms with van der Waals surface area (Å²) < 4.78 is 101. The topological polar surface area (TPSA) is 102 Å². The highest BCUT2D eigenvalue weighted by molar-refractivity contribution is 5.97. The molecule has 9 nitrogen and oxygen atoms in total. The van der Waals surface area contributed by atoms with E-state index in [0.29, 0.717) is 25.3 Å². The zero-order valence-corrected chi connectivity index (χ0v) is 25.9. The number of halogens is 6. The van der Waals surface area contributed by atoms with Gasteiger partial charge in [0.1, 0.15) is 41.3 Å². The number of fused-ring (bicyclic) bond motifs is 6. The van der Waals surface area contributed by atoms with Gasteiger partial charge in [0.2, 0.25) is 5.88 Å². The van der Waals surface area contributed by atoms with Crippen LogP contribution in [-0.4, -0.2) is 88.2 Å². The summed E-state index contributed by atoms with van der Waals surface area (Å²) >= 11 is 0. The number of nitrogen functional groups attached to an aromatic ring is 1. The summed E-state index contributed by atoms with van der Waals surface area (Å²) in [5.41, 5.74) is 2.71. The monoisotopic (exact) mass is 663 g/mol. The zero-order valence-electron chi connectivity index (χ0n) is 25.9. The second-order valence-corrected chi connectivity index (χ2v) is 13.8. The van der Waals surface area contributed by atoms with Gasteiger partial charge < -0.3 is 25.4 Å². The predicted octanol–water partition coefficient (Wildman–Crippen LogP) is 5.01. The third-order valence-electron chi connectivity index (χ3n) is 10.7. The van der Waals surface area contributed by atoms with Crippen molar-refractivity contribution in [3.8, 4) is 23.1 Å². The van der Waals surface area contributed by atoms with Crippen LogP contribution in [0.3, 0.4) is 0 Å². The normalized spacial score (nSPS) is 30.0. The van der Waals surface area contributed by atoms with Crippen molar-refractivity contribution in [3.05, 3.63) is 28.8 Å². The van der Waals surface area contributed by atoms with E-state index in [1.165, 1.54) is 6.92 Å². The number of pyridine rings is 1. The first-order valence-corrected chi connectivity index (χ1v) is 16.1. The van der Waals surface area contributed by atoms with Crippen molar-refractivity contribution in [1.29, 1.82) is 0 Å². The molecule has 5 aliphatic heterocycles. The molecule has 4 fully saturated rings. The van der Waals surface area contributed by atoms with E-state index >= 15 is 8.78 Å². The molecular formula is C32H35F6N7O2. The number of piperazine rings is 1. The fourth-order valence-electron chi connectivity index (χ4n) is 8.70. The number of nitrogens with zero attached hydrogens (tertiary/aromatic N) is 5. The Morgan fingerprint density at radius 3 is 2.74 bits per heavy atom. The maximum atomic E-state index is 16.9. The van der Waals surface area contributed by atoms with Crippen molar-refractivity contribution < 1.29 is 35.8 Å². The number of hydrogen-bond donors (Lipinski definition) is 2. The Labute approximate surface area is 266 Å². The second kappa shape index (κ2) is 10.7. The van der Waals surface area contributed by atoms with E-state index in [1.54, 1.807) is 0 Å². The number of aryl methyl sites for hydroxylation is 1. The third kappa shape index (κ3) is 4.94. The SMILES string of the molecule is Cc1cc(N)c(F)c(-c2nc3c4c(nc(OC[C@@]56CCCN5C[C@H](F)C6)nc4c2F)N2C[C@H]4CC[C@H](N4)[C@H]2[C@H](C)O3)c1CC(F)(F)F. The van der Waals surface area contributed by atoms with Crippen molar-refractivity contribution in [2.45, 2.75) is 94.5 Å². The molecule has 47 heavy (non-hydrogen) atoms. The lowest BCUT2D eigenvalue weighted by Gasteiger charge is -2.42. The lowest BCUT2D eigenvalue weighted by Crippen LogP contribution is -2.62. The minimum Gasteiger partial charge on any atom is -0.472 e. The number of hydrogen-bond acceptors (Lipinski definition) is 9. The van der Waals surface area contributed by atoms with E-state index < -0.39 is 64.6 Å². The molecule has 8 rings (SSSR count). The number of benzene rings is 1. The third-order valence-corrected chi connectivity index (χ3v) is 10.7. The second-order valence-electron chi connectivity index (χ2n) is 13.8. The molecular weight excluding hydrogens is 628 g/mol. The summed E-state index contributed by atoms with van der Waals surface area (Å²) in [4.78, 5) is 17.7. The average molecular weight is 664 g/mol. The molecule has 252 valence electrons. The number of anilines is 2. The number of nitrogens with two attached hydrogens (primary N) is 1. The van der Waals surface area contributed by atoms with Crippen LogP contribution in [0.15, 0.2) is 6.07 Å². The van der Waals surface area contributed by atoms with Gasteiger partial charge in [0.25, 0.3) is 0 Å². The first-order valence-electron chi connectivity index (χ1n) is 16.1. The van der Waals surface area contributed by atoms with Gasteiger partial charge in [-0.15, -0.1) is 0 Å². The molecule has 0 spiro atoms. The smallest absolute Gasteiger partial charge is 0.393 e. The van der Waals surface area contributed by atoms with Crippen LogP contribution in [0.1, 0.15) is 50.2 Å². The minimum absolute atomic E-state index is 0.0232. The summed E-state index contributed by atoms with van der Waals surface area (Å²) in [5, 5.41) is 3.73. The maximum absolute atomic E-state index is 16.9. The molecule has 0 radical (unpaired) electrons. The van der Waals surface area contributed by atoms with E-state index in [0.717, 1.165) is 38.3 Å². The Morgan fingerprint density at radius 1 is 1.15 bits per heavy atom. The van der Waals surface area contributed by atoms with Crippen molar-refractivity contribution in [1.82, 2.24) is 25.2 Å². The number of nitrogens with one attached hydrogen (secondary N) is 1. The molecule has 7 heterocycles. The lowest BCUT2D eigenvalue weighted by atomic mass is 9.94. The van der Waals surface area contributed by atoms with Crippen molar-refractivity contribution >= 4 is 22.4 Å². The largest absolute Gasteiger partial charge is 0.472 e. The predicted molar refractivity (Wildman–Crippen MR) is 161 cm³/mol. The van der Waals surface area contributed by atoms with Crippen LogP contribution in [0.2, 0.25) is 0 Å². The van der Waals surface area contributed by atoms with Crippen molar-refractivity contribution in [2.24, 2.45) is 0 Å². The molecule has 0 amide bonds. The van der Waals surface area contributed by atoms with Gasteiger partial charge in [-0.1, -0.05) is 0 Å². The number of rotatable bonds is 5. The summed E-state index contributed by atoms with van der Waals surface area (Å²) in [5.74, 6) is -2.17. The summed E-state index contributed by atoms with van der Waals surface area (Å²) in [6.07, 6.45) is -4.06.